The molecule has 2 unspecified atom stereocenters. The lowest BCUT2D eigenvalue weighted by atomic mass is 10.0. The summed E-state index contributed by atoms with van der Waals surface area (Å²) in [6, 6.07) is 5.47. The van der Waals surface area contributed by atoms with Crippen LogP contribution in [-0.2, 0) is 14.9 Å². The Bertz CT molecular complexity index is 672. The first-order valence-corrected chi connectivity index (χ1v) is 9.57. The maximum Gasteiger partial charge on any atom is 0.265 e. The highest BCUT2D eigenvalue weighted by molar-refractivity contribution is 7.89. The Morgan fingerprint density at radius 1 is 1.50 bits per heavy atom. The van der Waals surface area contributed by atoms with Gasteiger partial charge in [-0.2, -0.15) is 0 Å². The largest absolute Gasteiger partial charge is 0.366 e. The maximum atomic E-state index is 13.0. The lowest BCUT2D eigenvalue weighted by molar-refractivity contribution is -0.0904. The van der Waals surface area contributed by atoms with Crippen LogP contribution in [0.15, 0.2) is 29.2 Å². The fraction of sp³-hybridized carbons (Fsp3) is 0.562. The second-order valence-electron chi connectivity index (χ2n) is 5.89. The van der Waals surface area contributed by atoms with Crippen LogP contribution in [0, 0.1) is 0 Å². The van der Waals surface area contributed by atoms with Crippen LogP contribution in [0.5, 0.6) is 0 Å². The third-order valence-corrected chi connectivity index (χ3v) is 5.99. The zero-order valence-electron chi connectivity index (χ0n) is 14.1. The van der Waals surface area contributed by atoms with E-state index in [4.69, 9.17) is 10.6 Å². The predicted octanol–water partition coefficient (Wildman–Crippen LogP) is 1.26. The Hall–Kier alpha value is -1.48. The minimum Gasteiger partial charge on any atom is -0.366 e. The van der Waals surface area contributed by atoms with Gasteiger partial charge in [0.15, 0.2) is 0 Å². The van der Waals surface area contributed by atoms with Gasteiger partial charge in [-0.15, -0.1) is 0 Å². The molecular formula is C16H25N3O4S. The molecule has 134 valence electrons. The van der Waals surface area contributed by atoms with Crippen molar-refractivity contribution in [2.24, 2.45) is 5.73 Å². The molecule has 2 rings (SSSR count). The molecule has 0 spiro atoms. The number of benzene rings is 1. The molecule has 2 atom stereocenters. The molecule has 24 heavy (non-hydrogen) atoms. The quantitative estimate of drug-likeness (QED) is 0.684. The summed E-state index contributed by atoms with van der Waals surface area (Å²) in [5.41, 5.74) is 5.40. The summed E-state index contributed by atoms with van der Waals surface area (Å²) in [5, 5.41) is 3.35. The fourth-order valence-corrected chi connectivity index (χ4v) is 4.65. The van der Waals surface area contributed by atoms with E-state index >= 15 is 0 Å². The van der Waals surface area contributed by atoms with Gasteiger partial charge in [0.05, 0.1) is 18.0 Å². The minimum absolute atomic E-state index is 0.000231. The van der Waals surface area contributed by atoms with Crippen LogP contribution in [0.2, 0.25) is 0 Å². The van der Waals surface area contributed by atoms with Crippen LogP contribution < -0.4 is 11.1 Å². The first-order valence-electron chi connectivity index (χ1n) is 8.13. The second kappa shape index (κ2) is 8.06. The molecule has 0 bridgehead atoms. The summed E-state index contributed by atoms with van der Waals surface area (Å²) in [5.74, 6) is -0.668. The molecule has 1 fully saturated rings. The number of nitrogens with two attached hydrogens (primary N) is 1. The Kier molecular flexibility index (Phi) is 6.34. The smallest absolute Gasteiger partial charge is 0.265 e. The third kappa shape index (κ3) is 3.94. The number of nitrogens with zero attached hydrogens (tertiary/aromatic N) is 1. The van der Waals surface area contributed by atoms with Crippen LogP contribution in [0.3, 0.4) is 0 Å². The first-order chi connectivity index (χ1) is 11.4. The van der Waals surface area contributed by atoms with Gasteiger partial charge < -0.3 is 11.1 Å². The number of hydrogen-bond acceptors (Lipinski definition) is 5. The number of hydroxylamine groups is 1. The van der Waals surface area contributed by atoms with Crippen molar-refractivity contribution < 1.29 is 18.0 Å². The van der Waals surface area contributed by atoms with Crippen LogP contribution >= 0.6 is 0 Å². The molecule has 8 heteroatoms. The minimum atomic E-state index is -3.90. The van der Waals surface area contributed by atoms with Gasteiger partial charge in [0, 0.05) is 11.6 Å². The molecule has 3 N–H and O–H groups in total. The number of primary amides is 1. The van der Waals surface area contributed by atoms with Crippen LogP contribution in [-0.4, -0.2) is 44.5 Å². The topological polar surface area (TPSA) is 102 Å². The number of rotatable bonds is 8. The zero-order chi connectivity index (χ0) is 17.7. The first kappa shape index (κ1) is 18.9. The molecule has 0 aromatic heterocycles. The van der Waals surface area contributed by atoms with Crippen molar-refractivity contribution in [2.45, 2.75) is 49.6 Å². The van der Waals surface area contributed by atoms with Gasteiger partial charge in [0.25, 0.3) is 10.0 Å². The van der Waals surface area contributed by atoms with Gasteiger partial charge in [0.1, 0.15) is 0 Å². The number of carbonyl (C=O) groups is 1. The molecule has 1 aliphatic heterocycles. The lowest BCUT2D eigenvalue weighted by Crippen LogP contribution is -2.49. The molecule has 1 aliphatic rings. The average Bonchev–Trinajstić information content (AvgIpc) is 3.09. The van der Waals surface area contributed by atoms with Gasteiger partial charge in [0.2, 0.25) is 5.91 Å². The molecule has 1 heterocycles. The summed E-state index contributed by atoms with van der Waals surface area (Å²) >= 11 is 0. The van der Waals surface area contributed by atoms with Crippen molar-refractivity contribution >= 4 is 15.9 Å². The highest BCUT2D eigenvalue weighted by Gasteiger charge is 2.37. The third-order valence-electron chi connectivity index (χ3n) is 4.25. The summed E-state index contributed by atoms with van der Waals surface area (Å²) in [6.45, 7) is 2.88. The predicted molar refractivity (Wildman–Crippen MR) is 90.7 cm³/mol. The normalized spacial score (nSPS) is 19.5. The van der Waals surface area contributed by atoms with Gasteiger partial charge >= 0.3 is 0 Å². The lowest BCUT2D eigenvalue weighted by Gasteiger charge is -2.32. The van der Waals surface area contributed by atoms with Crippen LogP contribution in [0.25, 0.3) is 0 Å². The molecule has 0 aliphatic carbocycles. The summed E-state index contributed by atoms with van der Waals surface area (Å²) in [4.78, 5) is 16.6. The van der Waals surface area contributed by atoms with E-state index in [1.807, 2.05) is 6.92 Å². The highest BCUT2D eigenvalue weighted by Crippen LogP contribution is 2.26. The van der Waals surface area contributed by atoms with Crippen molar-refractivity contribution in [3.05, 3.63) is 29.8 Å². The standard InChI is InChI=1S/C16H25N3O4S/c1-3-6-15(14-9-5-10-18-14)19(23-2)24(21,22)13-8-4-7-12(11-13)16(17)20/h4,7-8,11,14-15,18H,3,5-6,9-10H2,1-2H3,(H2,17,20). The molecule has 1 aromatic rings. The molecule has 0 radical (unpaired) electrons. The van der Waals surface area contributed by atoms with E-state index in [-0.39, 0.29) is 22.5 Å². The molecule has 1 amide bonds. The number of hydrogen-bond donors (Lipinski definition) is 2. The van der Waals surface area contributed by atoms with E-state index in [0.717, 1.165) is 30.3 Å². The SMILES string of the molecule is CCCC(C1CCCN1)N(OC)S(=O)(=O)c1cccc(C(N)=O)c1. The monoisotopic (exact) mass is 355 g/mol. The maximum absolute atomic E-state index is 13.0. The molecular weight excluding hydrogens is 330 g/mol. The summed E-state index contributed by atoms with van der Waals surface area (Å²) < 4.78 is 27.1. The van der Waals surface area contributed by atoms with E-state index in [1.165, 1.54) is 31.4 Å². The Balaban J connectivity index is 2.38. The van der Waals surface area contributed by atoms with Crippen molar-refractivity contribution in [1.29, 1.82) is 0 Å². The zero-order valence-corrected chi connectivity index (χ0v) is 14.9. The molecule has 7 nitrogen and oxygen atoms in total. The van der Waals surface area contributed by atoms with Crippen molar-refractivity contribution in [3.8, 4) is 0 Å². The van der Waals surface area contributed by atoms with E-state index in [2.05, 4.69) is 5.32 Å². The Labute approximate surface area is 143 Å². The van der Waals surface area contributed by atoms with E-state index in [1.54, 1.807) is 0 Å². The van der Waals surface area contributed by atoms with Gasteiger partial charge in [-0.3, -0.25) is 9.63 Å². The van der Waals surface area contributed by atoms with E-state index in [0.29, 0.717) is 6.42 Å². The number of sulfonamides is 1. The Morgan fingerprint density at radius 3 is 2.79 bits per heavy atom. The van der Waals surface area contributed by atoms with Crippen molar-refractivity contribution in [2.75, 3.05) is 13.7 Å². The average molecular weight is 355 g/mol. The van der Waals surface area contributed by atoms with Crippen LogP contribution in [0.4, 0.5) is 0 Å². The van der Waals surface area contributed by atoms with Gasteiger partial charge in [-0.25, -0.2) is 8.42 Å². The summed E-state index contributed by atoms with van der Waals surface area (Å²) in [7, 11) is -2.55. The Morgan fingerprint density at radius 2 is 2.25 bits per heavy atom. The van der Waals surface area contributed by atoms with Gasteiger partial charge in [-0.1, -0.05) is 23.9 Å². The van der Waals surface area contributed by atoms with Crippen LogP contribution in [0.1, 0.15) is 43.0 Å². The van der Waals surface area contributed by atoms with E-state index < -0.39 is 15.9 Å². The number of nitrogens with one attached hydrogen (secondary N) is 1. The number of carbonyl (C=O) groups excluding carboxylic acids is 1. The highest BCUT2D eigenvalue weighted by atomic mass is 32.2. The van der Waals surface area contributed by atoms with Crippen molar-refractivity contribution in [3.63, 3.8) is 0 Å². The van der Waals surface area contributed by atoms with E-state index in [9.17, 15) is 13.2 Å². The van der Waals surface area contributed by atoms with Crippen molar-refractivity contribution in [1.82, 2.24) is 9.79 Å². The fourth-order valence-electron chi connectivity index (χ4n) is 3.11. The molecule has 1 aromatic carbocycles. The van der Waals surface area contributed by atoms with Gasteiger partial charge in [-0.05, 0) is 44.0 Å². The summed E-state index contributed by atoms with van der Waals surface area (Å²) in [6.07, 6.45) is 3.43. The molecule has 1 saturated heterocycles. The number of amides is 1. The molecule has 0 saturated carbocycles. The second-order valence-corrected chi connectivity index (χ2v) is 7.68.